The summed E-state index contributed by atoms with van der Waals surface area (Å²) < 4.78 is 5.66. The largest absolute Gasteiger partial charge is 0.489 e. The smallest absolute Gasteiger partial charge is 0.144 e. The molecule has 1 aromatic carbocycles. The number of anilines is 2. The van der Waals surface area contributed by atoms with Crippen molar-refractivity contribution >= 4 is 11.4 Å². The zero-order valence-corrected chi connectivity index (χ0v) is 11.9. The van der Waals surface area contributed by atoms with Gasteiger partial charge in [0.05, 0.1) is 11.8 Å². The maximum absolute atomic E-state index is 5.87. The van der Waals surface area contributed by atoms with Gasteiger partial charge in [-0.05, 0) is 53.0 Å². The maximum atomic E-state index is 5.87. The van der Waals surface area contributed by atoms with Gasteiger partial charge in [-0.1, -0.05) is 0 Å². The molecule has 0 heterocycles. The Morgan fingerprint density at radius 2 is 2.06 bits per heavy atom. The van der Waals surface area contributed by atoms with Crippen LogP contribution in [0.3, 0.4) is 0 Å². The van der Waals surface area contributed by atoms with Crippen LogP contribution in [0.15, 0.2) is 18.2 Å². The van der Waals surface area contributed by atoms with Crippen LogP contribution in [0.5, 0.6) is 5.75 Å². The quantitative estimate of drug-likeness (QED) is 0.577. The van der Waals surface area contributed by atoms with E-state index in [1.165, 1.54) is 0 Å². The van der Waals surface area contributed by atoms with Crippen LogP contribution in [0.1, 0.15) is 20.3 Å². The Labute approximate surface area is 110 Å². The number of nitrogens with one attached hydrogen (secondary N) is 1. The Morgan fingerprint density at radius 1 is 1.33 bits per heavy atom. The van der Waals surface area contributed by atoms with E-state index < -0.39 is 0 Å². The van der Waals surface area contributed by atoms with Crippen molar-refractivity contribution in [3.05, 3.63) is 18.2 Å². The second kappa shape index (κ2) is 7.11. The summed E-state index contributed by atoms with van der Waals surface area (Å²) in [5.74, 6) is 0.752. The molecule has 0 amide bonds. The average Bonchev–Trinajstić information content (AvgIpc) is 2.27. The molecule has 0 aliphatic rings. The molecule has 1 aromatic rings. The first kappa shape index (κ1) is 14.6. The standard InChI is InChI=1S/C14H25N3O/c1-11(2)18-14-10-12(6-7-13(14)15)16-8-5-9-17(3)4/h6-7,10-11,16H,5,8-9,15H2,1-4H3. The van der Waals surface area contributed by atoms with Crippen molar-refractivity contribution in [2.24, 2.45) is 0 Å². The second-order valence-corrected chi connectivity index (χ2v) is 5.00. The Morgan fingerprint density at radius 3 is 2.67 bits per heavy atom. The molecule has 18 heavy (non-hydrogen) atoms. The highest BCUT2D eigenvalue weighted by Crippen LogP contribution is 2.26. The number of hydrogen-bond acceptors (Lipinski definition) is 4. The van der Waals surface area contributed by atoms with Gasteiger partial charge in [-0.2, -0.15) is 0 Å². The Bertz CT molecular complexity index is 364. The number of nitrogen functional groups attached to an aromatic ring is 1. The molecule has 102 valence electrons. The fourth-order valence-corrected chi connectivity index (χ4v) is 1.63. The minimum atomic E-state index is 0.135. The van der Waals surface area contributed by atoms with E-state index in [9.17, 15) is 0 Å². The van der Waals surface area contributed by atoms with Gasteiger partial charge < -0.3 is 20.7 Å². The van der Waals surface area contributed by atoms with Gasteiger partial charge in [0, 0.05) is 18.3 Å². The normalized spacial score (nSPS) is 11.0. The van der Waals surface area contributed by atoms with E-state index in [-0.39, 0.29) is 6.10 Å². The van der Waals surface area contributed by atoms with Gasteiger partial charge in [0.1, 0.15) is 5.75 Å². The molecule has 3 N–H and O–H groups in total. The summed E-state index contributed by atoms with van der Waals surface area (Å²) in [6.07, 6.45) is 1.24. The molecule has 1 rings (SSSR count). The fraction of sp³-hybridized carbons (Fsp3) is 0.571. The molecular formula is C14H25N3O. The van der Waals surface area contributed by atoms with E-state index >= 15 is 0 Å². The lowest BCUT2D eigenvalue weighted by atomic mass is 10.2. The predicted octanol–water partition coefficient (Wildman–Crippen LogP) is 2.42. The lowest BCUT2D eigenvalue weighted by Crippen LogP contribution is -2.16. The summed E-state index contributed by atoms with van der Waals surface area (Å²) in [7, 11) is 4.16. The molecule has 0 atom stereocenters. The monoisotopic (exact) mass is 251 g/mol. The third kappa shape index (κ3) is 5.27. The molecule has 0 aliphatic heterocycles. The van der Waals surface area contributed by atoms with Crippen LogP contribution < -0.4 is 15.8 Å². The minimum Gasteiger partial charge on any atom is -0.489 e. The number of nitrogens with two attached hydrogens (primary N) is 1. The highest BCUT2D eigenvalue weighted by Gasteiger charge is 2.04. The van der Waals surface area contributed by atoms with Crippen molar-refractivity contribution < 1.29 is 4.74 Å². The molecule has 0 spiro atoms. The average molecular weight is 251 g/mol. The molecule has 0 saturated heterocycles. The van der Waals surface area contributed by atoms with Crippen molar-refractivity contribution in [1.82, 2.24) is 4.90 Å². The van der Waals surface area contributed by atoms with E-state index in [1.807, 2.05) is 32.0 Å². The molecule has 0 fully saturated rings. The summed E-state index contributed by atoms with van der Waals surface area (Å²) in [6, 6.07) is 5.83. The first-order valence-corrected chi connectivity index (χ1v) is 6.44. The van der Waals surface area contributed by atoms with E-state index in [4.69, 9.17) is 10.5 Å². The van der Waals surface area contributed by atoms with Crippen molar-refractivity contribution in [1.29, 1.82) is 0 Å². The lowest BCUT2D eigenvalue weighted by Gasteiger charge is -2.15. The molecule has 0 aromatic heterocycles. The van der Waals surface area contributed by atoms with Gasteiger partial charge in [0.25, 0.3) is 0 Å². The van der Waals surface area contributed by atoms with Crippen LogP contribution in [-0.2, 0) is 0 Å². The van der Waals surface area contributed by atoms with Crippen molar-refractivity contribution in [2.45, 2.75) is 26.4 Å². The molecule has 0 bridgehead atoms. The molecule has 0 radical (unpaired) electrons. The molecular weight excluding hydrogens is 226 g/mol. The molecule has 4 heteroatoms. The van der Waals surface area contributed by atoms with Crippen LogP contribution in [0.2, 0.25) is 0 Å². The molecule has 0 aliphatic carbocycles. The number of ether oxygens (including phenoxy) is 1. The van der Waals surface area contributed by atoms with Crippen LogP contribution in [-0.4, -0.2) is 38.2 Å². The minimum absolute atomic E-state index is 0.135. The summed E-state index contributed by atoms with van der Waals surface area (Å²) in [5, 5.41) is 3.38. The van der Waals surface area contributed by atoms with Gasteiger partial charge in [0.15, 0.2) is 0 Å². The zero-order valence-electron chi connectivity index (χ0n) is 11.9. The molecule has 0 saturated carbocycles. The van der Waals surface area contributed by atoms with E-state index in [0.29, 0.717) is 5.69 Å². The van der Waals surface area contributed by atoms with Crippen molar-refractivity contribution in [3.8, 4) is 5.75 Å². The van der Waals surface area contributed by atoms with Gasteiger partial charge in [-0.3, -0.25) is 0 Å². The van der Waals surface area contributed by atoms with Crippen LogP contribution in [0, 0.1) is 0 Å². The van der Waals surface area contributed by atoms with Crippen molar-refractivity contribution in [3.63, 3.8) is 0 Å². The second-order valence-electron chi connectivity index (χ2n) is 5.00. The predicted molar refractivity (Wildman–Crippen MR) is 78.3 cm³/mol. The SMILES string of the molecule is CC(C)Oc1cc(NCCCN(C)C)ccc1N. The van der Waals surface area contributed by atoms with Crippen LogP contribution in [0.4, 0.5) is 11.4 Å². The van der Waals surface area contributed by atoms with Gasteiger partial charge in [0.2, 0.25) is 0 Å². The third-order valence-corrected chi connectivity index (χ3v) is 2.49. The lowest BCUT2D eigenvalue weighted by molar-refractivity contribution is 0.244. The third-order valence-electron chi connectivity index (χ3n) is 2.49. The molecule has 0 unspecified atom stereocenters. The first-order valence-electron chi connectivity index (χ1n) is 6.44. The van der Waals surface area contributed by atoms with E-state index in [0.717, 1.165) is 30.9 Å². The number of nitrogens with zero attached hydrogens (tertiary/aromatic N) is 1. The van der Waals surface area contributed by atoms with E-state index in [2.05, 4.69) is 24.3 Å². The van der Waals surface area contributed by atoms with E-state index in [1.54, 1.807) is 0 Å². The van der Waals surface area contributed by atoms with Gasteiger partial charge in [-0.25, -0.2) is 0 Å². The number of rotatable bonds is 7. The summed E-state index contributed by atoms with van der Waals surface area (Å²) in [6.45, 7) is 6.02. The number of hydrogen-bond donors (Lipinski definition) is 2. The van der Waals surface area contributed by atoms with Gasteiger partial charge >= 0.3 is 0 Å². The highest BCUT2D eigenvalue weighted by atomic mass is 16.5. The Hall–Kier alpha value is -1.42. The summed E-state index contributed by atoms with van der Waals surface area (Å²) >= 11 is 0. The molecule has 4 nitrogen and oxygen atoms in total. The van der Waals surface area contributed by atoms with Crippen LogP contribution >= 0.6 is 0 Å². The topological polar surface area (TPSA) is 50.5 Å². The summed E-state index contributed by atoms with van der Waals surface area (Å²) in [5.41, 5.74) is 7.61. The van der Waals surface area contributed by atoms with Crippen LogP contribution in [0.25, 0.3) is 0 Å². The summed E-state index contributed by atoms with van der Waals surface area (Å²) in [4.78, 5) is 2.18. The fourth-order valence-electron chi connectivity index (χ4n) is 1.63. The highest BCUT2D eigenvalue weighted by molar-refractivity contribution is 5.61. The first-order chi connectivity index (χ1) is 8.49. The maximum Gasteiger partial charge on any atom is 0.144 e. The number of benzene rings is 1. The Kier molecular flexibility index (Phi) is 5.78. The van der Waals surface area contributed by atoms with Gasteiger partial charge in [-0.15, -0.1) is 0 Å². The Balaban J connectivity index is 2.51. The van der Waals surface area contributed by atoms with Crippen molar-refractivity contribution in [2.75, 3.05) is 38.2 Å². The zero-order chi connectivity index (χ0) is 13.5.